The summed E-state index contributed by atoms with van der Waals surface area (Å²) >= 11 is 1.91. The number of thiophene rings is 1. The van der Waals surface area contributed by atoms with E-state index in [1.165, 1.54) is 25.7 Å². The lowest BCUT2D eigenvalue weighted by Gasteiger charge is -2.00. The van der Waals surface area contributed by atoms with Gasteiger partial charge in [0, 0.05) is 4.88 Å². The molecular formula is C11H12S. The predicted molar refractivity (Wildman–Crippen MR) is 53.2 cm³/mol. The molecule has 0 aromatic carbocycles. The van der Waals surface area contributed by atoms with Gasteiger partial charge in [0.15, 0.2) is 0 Å². The molecule has 0 N–H and O–H groups in total. The van der Waals surface area contributed by atoms with E-state index in [0.29, 0.717) is 0 Å². The molecule has 1 aromatic heterocycles. The fourth-order valence-electron chi connectivity index (χ4n) is 1.80. The first-order valence-electron chi connectivity index (χ1n) is 4.71. The quantitative estimate of drug-likeness (QED) is 0.644. The molecule has 0 amide bonds. The Morgan fingerprint density at radius 2 is 2.17 bits per heavy atom. The molecular weight excluding hydrogens is 164 g/mol. The van der Waals surface area contributed by atoms with Crippen molar-refractivity contribution in [2.45, 2.75) is 25.7 Å². The van der Waals surface area contributed by atoms with Crippen molar-refractivity contribution in [3.05, 3.63) is 28.0 Å². The molecule has 2 fully saturated rings. The van der Waals surface area contributed by atoms with Crippen LogP contribution in [0.15, 0.2) is 23.1 Å². The minimum absolute atomic E-state index is 0.946. The van der Waals surface area contributed by atoms with Gasteiger partial charge in [-0.3, -0.25) is 0 Å². The van der Waals surface area contributed by atoms with Crippen LogP contribution in [0.2, 0.25) is 0 Å². The van der Waals surface area contributed by atoms with E-state index in [9.17, 15) is 0 Å². The second-order valence-corrected chi connectivity index (χ2v) is 4.72. The van der Waals surface area contributed by atoms with Crippen LogP contribution in [0.5, 0.6) is 0 Å². The van der Waals surface area contributed by atoms with Crippen LogP contribution in [0.3, 0.4) is 0 Å². The Labute approximate surface area is 76.9 Å². The summed E-state index contributed by atoms with van der Waals surface area (Å²) in [7, 11) is 0. The van der Waals surface area contributed by atoms with Gasteiger partial charge in [-0.2, -0.15) is 0 Å². The van der Waals surface area contributed by atoms with Crippen molar-refractivity contribution < 1.29 is 0 Å². The smallest absolute Gasteiger partial charge is 0.0304 e. The average Bonchev–Trinajstić information content (AvgIpc) is 2.95. The zero-order chi connectivity index (χ0) is 7.97. The Kier molecular flexibility index (Phi) is 1.42. The molecule has 1 heterocycles. The van der Waals surface area contributed by atoms with Gasteiger partial charge in [-0.05, 0) is 48.6 Å². The molecule has 12 heavy (non-hydrogen) atoms. The first-order valence-corrected chi connectivity index (χ1v) is 5.59. The van der Waals surface area contributed by atoms with Crippen molar-refractivity contribution >= 4 is 16.9 Å². The van der Waals surface area contributed by atoms with Gasteiger partial charge in [0.2, 0.25) is 0 Å². The van der Waals surface area contributed by atoms with Crippen LogP contribution in [-0.2, 0) is 0 Å². The van der Waals surface area contributed by atoms with Crippen LogP contribution in [0, 0.1) is 5.92 Å². The zero-order valence-electron chi connectivity index (χ0n) is 7.05. The lowest BCUT2D eigenvalue weighted by atomic mass is 10.1. The monoisotopic (exact) mass is 176 g/mol. The molecule has 62 valence electrons. The van der Waals surface area contributed by atoms with Crippen molar-refractivity contribution in [3.8, 4) is 0 Å². The van der Waals surface area contributed by atoms with E-state index in [2.05, 4.69) is 17.5 Å². The summed E-state index contributed by atoms with van der Waals surface area (Å²) < 4.78 is 0. The summed E-state index contributed by atoms with van der Waals surface area (Å²) in [5.41, 5.74) is 3.48. The molecule has 1 aromatic rings. The normalized spacial score (nSPS) is 21.2. The van der Waals surface area contributed by atoms with Crippen LogP contribution < -0.4 is 0 Å². The summed E-state index contributed by atoms with van der Waals surface area (Å²) in [6.45, 7) is 0. The van der Waals surface area contributed by atoms with Crippen molar-refractivity contribution in [3.63, 3.8) is 0 Å². The fourth-order valence-corrected chi connectivity index (χ4v) is 2.70. The Hall–Kier alpha value is -0.560. The first-order chi connectivity index (χ1) is 5.95. The Morgan fingerprint density at radius 3 is 2.67 bits per heavy atom. The lowest BCUT2D eigenvalue weighted by Crippen LogP contribution is -1.81. The van der Waals surface area contributed by atoms with Crippen molar-refractivity contribution in [2.24, 2.45) is 5.92 Å². The van der Waals surface area contributed by atoms with E-state index in [0.717, 1.165) is 5.92 Å². The third-order valence-electron chi connectivity index (χ3n) is 2.65. The number of hydrogen-bond acceptors (Lipinski definition) is 1. The predicted octanol–water partition coefficient (Wildman–Crippen LogP) is 3.71. The van der Waals surface area contributed by atoms with Crippen LogP contribution in [-0.4, -0.2) is 0 Å². The topological polar surface area (TPSA) is 0 Å². The third kappa shape index (κ3) is 1.13. The maximum atomic E-state index is 2.28. The van der Waals surface area contributed by atoms with Gasteiger partial charge >= 0.3 is 0 Å². The Bertz CT molecular complexity index is 309. The highest BCUT2D eigenvalue weighted by Gasteiger charge is 2.32. The number of allylic oxidation sites excluding steroid dienone is 2. The lowest BCUT2D eigenvalue weighted by molar-refractivity contribution is 1.15. The van der Waals surface area contributed by atoms with Gasteiger partial charge in [-0.15, -0.1) is 11.3 Å². The summed E-state index contributed by atoms with van der Waals surface area (Å²) in [5.74, 6) is 0.946. The van der Waals surface area contributed by atoms with Crippen LogP contribution in [0.1, 0.15) is 30.6 Å². The number of hydrogen-bond donors (Lipinski definition) is 0. The summed E-state index contributed by atoms with van der Waals surface area (Å²) in [4.78, 5) is 1.55. The molecule has 0 saturated heterocycles. The van der Waals surface area contributed by atoms with Gasteiger partial charge in [-0.1, -0.05) is 11.6 Å². The minimum atomic E-state index is 0.946. The standard InChI is InChI=1S/C11H12S/c1-2-10(12-7-1)11(8-3-4-8)9-5-6-9/h1-2,7-8H,3-6H2. The Balaban J connectivity index is 2.02. The van der Waals surface area contributed by atoms with E-state index in [-0.39, 0.29) is 0 Å². The average molecular weight is 176 g/mol. The van der Waals surface area contributed by atoms with Crippen molar-refractivity contribution in [1.29, 1.82) is 0 Å². The summed E-state index contributed by atoms with van der Waals surface area (Å²) in [6.07, 6.45) is 5.64. The zero-order valence-corrected chi connectivity index (χ0v) is 7.86. The second-order valence-electron chi connectivity index (χ2n) is 3.77. The highest BCUT2D eigenvalue weighted by molar-refractivity contribution is 7.11. The maximum absolute atomic E-state index is 2.28. The van der Waals surface area contributed by atoms with Gasteiger partial charge in [0.25, 0.3) is 0 Å². The van der Waals surface area contributed by atoms with Crippen LogP contribution in [0.4, 0.5) is 0 Å². The molecule has 0 spiro atoms. The van der Waals surface area contributed by atoms with Gasteiger partial charge in [-0.25, -0.2) is 0 Å². The molecule has 0 nitrogen and oxygen atoms in total. The third-order valence-corrected chi connectivity index (χ3v) is 3.56. The summed E-state index contributed by atoms with van der Waals surface area (Å²) in [6, 6.07) is 4.45. The molecule has 1 heteroatoms. The minimum Gasteiger partial charge on any atom is -0.144 e. The van der Waals surface area contributed by atoms with E-state index < -0.39 is 0 Å². The van der Waals surface area contributed by atoms with E-state index in [1.807, 2.05) is 11.3 Å². The van der Waals surface area contributed by atoms with E-state index >= 15 is 0 Å². The molecule has 2 aliphatic carbocycles. The molecule has 2 aliphatic rings. The van der Waals surface area contributed by atoms with Gasteiger partial charge in [0.1, 0.15) is 0 Å². The van der Waals surface area contributed by atoms with E-state index in [4.69, 9.17) is 0 Å². The fraction of sp³-hybridized carbons (Fsp3) is 0.455. The molecule has 0 aliphatic heterocycles. The van der Waals surface area contributed by atoms with Gasteiger partial charge in [0.05, 0.1) is 0 Å². The first kappa shape index (κ1) is 6.90. The maximum Gasteiger partial charge on any atom is 0.0304 e. The van der Waals surface area contributed by atoms with Gasteiger partial charge < -0.3 is 0 Å². The molecule has 0 bridgehead atoms. The van der Waals surface area contributed by atoms with Crippen LogP contribution in [0.25, 0.3) is 5.57 Å². The summed E-state index contributed by atoms with van der Waals surface area (Å²) in [5, 5.41) is 2.20. The Morgan fingerprint density at radius 1 is 1.33 bits per heavy atom. The van der Waals surface area contributed by atoms with Crippen LogP contribution >= 0.6 is 11.3 Å². The molecule has 0 atom stereocenters. The second kappa shape index (κ2) is 2.46. The molecule has 0 radical (unpaired) electrons. The number of rotatable bonds is 2. The SMILES string of the molecule is c1csc(C(=C2CC2)C2CC2)c1. The van der Waals surface area contributed by atoms with Crippen molar-refractivity contribution in [1.82, 2.24) is 0 Å². The largest absolute Gasteiger partial charge is 0.144 e. The molecule has 0 unspecified atom stereocenters. The highest BCUT2D eigenvalue weighted by atomic mass is 32.1. The van der Waals surface area contributed by atoms with E-state index in [1.54, 1.807) is 16.0 Å². The highest BCUT2D eigenvalue weighted by Crippen LogP contribution is 2.50. The molecule has 3 rings (SSSR count). The van der Waals surface area contributed by atoms with Crippen molar-refractivity contribution in [2.75, 3.05) is 0 Å². The molecule has 2 saturated carbocycles.